The monoisotopic (exact) mass is 441 g/mol. The molecule has 32 heavy (non-hydrogen) atoms. The number of amides is 2. The molecule has 1 aliphatic heterocycles. The van der Waals surface area contributed by atoms with Gasteiger partial charge in [0.1, 0.15) is 0 Å². The van der Waals surface area contributed by atoms with E-state index in [2.05, 4.69) is 12.2 Å². The quantitative estimate of drug-likeness (QED) is 0.380. The first kappa shape index (κ1) is 20.7. The molecule has 0 saturated carbocycles. The predicted molar refractivity (Wildman–Crippen MR) is 126 cm³/mol. The molecule has 5 rings (SSSR count). The molecule has 1 heterocycles. The van der Waals surface area contributed by atoms with Crippen molar-refractivity contribution >= 4 is 23.4 Å². The third-order valence-electron chi connectivity index (χ3n) is 6.70. The summed E-state index contributed by atoms with van der Waals surface area (Å²) in [6.07, 6.45) is 4.87. The normalized spacial score (nSPS) is 24.6. The molecule has 3 nitrogen and oxygen atoms in total. The molecule has 1 fully saturated rings. The lowest BCUT2D eigenvalue weighted by Gasteiger charge is -2.32. The zero-order valence-corrected chi connectivity index (χ0v) is 18.4. The molecule has 3 aromatic carbocycles. The number of fused-ring (bicyclic) bond motifs is 1. The lowest BCUT2D eigenvalue weighted by Crippen LogP contribution is -2.33. The number of hydrogen-bond acceptors (Lipinski definition) is 2. The van der Waals surface area contributed by atoms with Crippen molar-refractivity contribution in [2.45, 2.75) is 18.3 Å². The standard InChI is InChI=1S/C28H24ClNO2/c29-22-13-11-19(12-14-22)17-18-30-27(31)25-23(20-7-3-1-4-8-20)15-16-24(26(25)28(30)32)21-9-5-2-6-10-21/h1-16,23-26H,17-18H2/t23-,24-,25-,26+/m0/s1. The first-order valence-corrected chi connectivity index (χ1v) is 11.4. The molecule has 3 aromatic rings. The van der Waals surface area contributed by atoms with E-state index in [-0.39, 0.29) is 35.5 Å². The van der Waals surface area contributed by atoms with Crippen LogP contribution >= 0.6 is 11.6 Å². The van der Waals surface area contributed by atoms with Gasteiger partial charge in [-0.25, -0.2) is 0 Å². The summed E-state index contributed by atoms with van der Waals surface area (Å²) >= 11 is 5.99. The molecule has 2 amide bonds. The van der Waals surface area contributed by atoms with Crippen molar-refractivity contribution in [3.8, 4) is 0 Å². The van der Waals surface area contributed by atoms with E-state index in [4.69, 9.17) is 11.6 Å². The number of carbonyl (C=O) groups is 2. The Morgan fingerprint density at radius 1 is 0.656 bits per heavy atom. The van der Waals surface area contributed by atoms with Crippen LogP contribution in [0.5, 0.6) is 0 Å². The summed E-state index contributed by atoms with van der Waals surface area (Å²) in [5, 5.41) is 0.676. The van der Waals surface area contributed by atoms with Gasteiger partial charge in [0.05, 0.1) is 11.8 Å². The second-order valence-electron chi connectivity index (χ2n) is 8.51. The number of hydrogen-bond donors (Lipinski definition) is 0. The molecular weight excluding hydrogens is 418 g/mol. The minimum Gasteiger partial charge on any atom is -0.282 e. The zero-order chi connectivity index (χ0) is 22.1. The Bertz CT molecular complexity index is 1070. The van der Waals surface area contributed by atoms with Gasteiger partial charge in [0.25, 0.3) is 0 Å². The summed E-state index contributed by atoms with van der Waals surface area (Å²) in [4.78, 5) is 28.8. The second kappa shape index (κ2) is 8.76. The van der Waals surface area contributed by atoms with E-state index in [1.165, 1.54) is 4.90 Å². The van der Waals surface area contributed by atoms with Gasteiger partial charge in [-0.3, -0.25) is 14.5 Å². The van der Waals surface area contributed by atoms with Gasteiger partial charge in [-0.15, -0.1) is 0 Å². The topological polar surface area (TPSA) is 37.4 Å². The molecule has 0 N–H and O–H groups in total. The van der Waals surface area contributed by atoms with Gasteiger partial charge in [-0.2, -0.15) is 0 Å². The summed E-state index contributed by atoms with van der Waals surface area (Å²) < 4.78 is 0. The molecule has 2 aliphatic rings. The number of nitrogens with zero attached hydrogens (tertiary/aromatic N) is 1. The van der Waals surface area contributed by atoms with Crippen LogP contribution in [0.15, 0.2) is 97.1 Å². The molecule has 1 saturated heterocycles. The van der Waals surface area contributed by atoms with Crippen LogP contribution < -0.4 is 0 Å². The summed E-state index contributed by atoms with van der Waals surface area (Å²) in [7, 11) is 0. The van der Waals surface area contributed by atoms with Crippen molar-refractivity contribution in [1.29, 1.82) is 0 Å². The van der Waals surface area contributed by atoms with Gasteiger partial charge >= 0.3 is 0 Å². The average Bonchev–Trinajstić information content (AvgIpc) is 3.09. The zero-order valence-electron chi connectivity index (χ0n) is 17.6. The maximum atomic E-state index is 13.6. The van der Waals surface area contributed by atoms with Gasteiger partial charge in [-0.05, 0) is 35.2 Å². The Balaban J connectivity index is 1.48. The third kappa shape index (κ3) is 3.78. The van der Waals surface area contributed by atoms with Crippen LogP contribution in [-0.4, -0.2) is 23.3 Å². The van der Waals surface area contributed by atoms with Crippen LogP contribution in [0.2, 0.25) is 5.02 Å². The smallest absolute Gasteiger partial charge is 0.234 e. The van der Waals surface area contributed by atoms with E-state index in [1.807, 2.05) is 84.9 Å². The Morgan fingerprint density at radius 3 is 1.59 bits per heavy atom. The van der Waals surface area contributed by atoms with E-state index >= 15 is 0 Å². The first-order valence-electron chi connectivity index (χ1n) is 11.0. The number of allylic oxidation sites excluding steroid dienone is 2. The van der Waals surface area contributed by atoms with E-state index in [0.29, 0.717) is 18.0 Å². The molecule has 1 aliphatic carbocycles. The summed E-state index contributed by atoms with van der Waals surface area (Å²) in [6.45, 7) is 0.384. The van der Waals surface area contributed by atoms with Crippen molar-refractivity contribution in [2.24, 2.45) is 11.8 Å². The van der Waals surface area contributed by atoms with Crippen molar-refractivity contribution in [3.63, 3.8) is 0 Å². The van der Waals surface area contributed by atoms with Gasteiger partial charge in [-0.1, -0.05) is 96.5 Å². The van der Waals surface area contributed by atoms with Gasteiger partial charge < -0.3 is 0 Å². The highest BCUT2D eigenvalue weighted by Gasteiger charge is 2.54. The van der Waals surface area contributed by atoms with Gasteiger partial charge in [0.2, 0.25) is 11.8 Å². The molecule has 0 bridgehead atoms. The van der Waals surface area contributed by atoms with Gasteiger partial charge in [0, 0.05) is 23.4 Å². The van der Waals surface area contributed by atoms with Crippen LogP contribution in [0.3, 0.4) is 0 Å². The van der Waals surface area contributed by atoms with Gasteiger partial charge in [0.15, 0.2) is 0 Å². The highest BCUT2D eigenvalue weighted by atomic mass is 35.5. The molecule has 0 unspecified atom stereocenters. The fourth-order valence-electron chi connectivity index (χ4n) is 5.11. The Morgan fingerprint density at radius 2 is 1.12 bits per heavy atom. The lowest BCUT2D eigenvalue weighted by atomic mass is 9.68. The Labute approximate surface area is 193 Å². The van der Waals surface area contributed by atoms with Crippen LogP contribution in [0.4, 0.5) is 0 Å². The van der Waals surface area contributed by atoms with Crippen molar-refractivity contribution in [3.05, 3.63) is 119 Å². The van der Waals surface area contributed by atoms with Crippen LogP contribution in [0.1, 0.15) is 28.5 Å². The first-order chi connectivity index (χ1) is 15.6. The summed E-state index contributed by atoms with van der Waals surface area (Å²) in [6, 6.07) is 27.6. The third-order valence-corrected chi connectivity index (χ3v) is 6.95. The maximum absolute atomic E-state index is 13.6. The molecule has 4 atom stereocenters. The number of benzene rings is 3. The van der Waals surface area contributed by atoms with E-state index in [9.17, 15) is 9.59 Å². The Hall–Kier alpha value is -3.17. The minimum absolute atomic E-state index is 0.0619. The molecule has 0 aromatic heterocycles. The SMILES string of the molecule is O=C1[C@@H]2[C@H](C(=O)N1CCc1ccc(Cl)cc1)[C@H](c1ccccc1)C=C[C@H]2c1ccccc1. The minimum atomic E-state index is -0.384. The van der Waals surface area contributed by atoms with Crippen LogP contribution in [0.25, 0.3) is 0 Å². The fourth-order valence-corrected chi connectivity index (χ4v) is 5.23. The largest absolute Gasteiger partial charge is 0.282 e. The number of carbonyl (C=O) groups excluding carboxylic acids is 2. The highest BCUT2D eigenvalue weighted by Crippen LogP contribution is 2.49. The highest BCUT2D eigenvalue weighted by molar-refractivity contribution is 6.30. The maximum Gasteiger partial charge on any atom is 0.234 e. The van der Waals surface area contributed by atoms with Crippen LogP contribution in [0, 0.1) is 11.8 Å². The van der Waals surface area contributed by atoms with E-state index in [1.54, 1.807) is 0 Å². The molecule has 160 valence electrons. The summed E-state index contributed by atoms with van der Waals surface area (Å²) in [5.74, 6) is -1.09. The van der Waals surface area contributed by atoms with Crippen molar-refractivity contribution in [1.82, 2.24) is 4.90 Å². The van der Waals surface area contributed by atoms with Crippen molar-refractivity contribution in [2.75, 3.05) is 6.54 Å². The number of likely N-dealkylation sites (tertiary alicyclic amines) is 1. The molecule has 0 radical (unpaired) electrons. The van der Waals surface area contributed by atoms with Crippen molar-refractivity contribution < 1.29 is 9.59 Å². The second-order valence-corrected chi connectivity index (χ2v) is 8.95. The Kier molecular flexibility index (Phi) is 5.67. The molecular formula is C28H24ClNO2. The lowest BCUT2D eigenvalue weighted by molar-refractivity contribution is -0.139. The van der Waals surface area contributed by atoms with E-state index in [0.717, 1.165) is 16.7 Å². The summed E-state index contributed by atoms with van der Waals surface area (Å²) in [5.41, 5.74) is 3.21. The van der Waals surface area contributed by atoms with Crippen LogP contribution in [-0.2, 0) is 16.0 Å². The molecule has 4 heteroatoms. The number of rotatable bonds is 5. The van der Waals surface area contributed by atoms with E-state index < -0.39 is 0 Å². The number of imide groups is 1. The predicted octanol–water partition coefficient (Wildman–Crippen LogP) is 5.62. The fraction of sp³-hybridized carbons (Fsp3) is 0.214. The number of halogens is 1. The molecule has 0 spiro atoms. The average molecular weight is 442 g/mol.